The molecule has 16 heavy (non-hydrogen) atoms. The lowest BCUT2D eigenvalue weighted by molar-refractivity contribution is -0.127. The fourth-order valence-corrected chi connectivity index (χ4v) is 2.61. The fourth-order valence-electron chi connectivity index (χ4n) is 2.61. The Balaban J connectivity index is 2.46. The van der Waals surface area contributed by atoms with Gasteiger partial charge in [-0.15, -0.1) is 0 Å². The second-order valence-electron chi connectivity index (χ2n) is 4.41. The molecule has 0 heterocycles. The van der Waals surface area contributed by atoms with Gasteiger partial charge in [0, 0.05) is 0 Å². The number of carbonyl (C=O) groups is 1. The molecule has 2 N–H and O–H groups in total. The van der Waals surface area contributed by atoms with E-state index in [1.54, 1.807) is 12.1 Å². The Bertz CT molecular complexity index is 379. The van der Waals surface area contributed by atoms with Gasteiger partial charge in [0.15, 0.2) is 0 Å². The Labute approximate surface area is 94.6 Å². The molecule has 1 aliphatic rings. The number of halogens is 1. The van der Waals surface area contributed by atoms with E-state index in [0.717, 1.165) is 18.4 Å². The minimum absolute atomic E-state index is 0.428. The molecule has 0 aromatic heterocycles. The molecule has 1 aliphatic carbocycles. The van der Waals surface area contributed by atoms with E-state index in [1.165, 1.54) is 0 Å². The van der Waals surface area contributed by atoms with Crippen LogP contribution in [-0.4, -0.2) is 12.1 Å². The Morgan fingerprint density at radius 1 is 1.31 bits per heavy atom. The topological polar surface area (TPSA) is 43.1 Å². The average molecular weight is 221 g/mol. The highest BCUT2D eigenvalue weighted by Crippen LogP contribution is 2.41. The molecule has 0 bridgehead atoms. The van der Waals surface area contributed by atoms with Crippen molar-refractivity contribution < 1.29 is 9.18 Å². The zero-order valence-electron chi connectivity index (χ0n) is 9.16. The number of primary amides is 1. The van der Waals surface area contributed by atoms with Crippen LogP contribution in [0.3, 0.4) is 0 Å². The molecule has 1 fully saturated rings. The van der Waals surface area contributed by atoms with Crippen LogP contribution < -0.4 is 5.73 Å². The van der Waals surface area contributed by atoms with Crippen LogP contribution in [0.2, 0.25) is 0 Å². The van der Waals surface area contributed by atoms with Crippen molar-refractivity contribution in [3.05, 3.63) is 35.9 Å². The zero-order chi connectivity index (χ0) is 11.6. The summed E-state index contributed by atoms with van der Waals surface area (Å²) in [6.45, 7) is 0. The largest absolute Gasteiger partial charge is 0.369 e. The van der Waals surface area contributed by atoms with E-state index < -0.39 is 17.5 Å². The third-order valence-corrected chi connectivity index (χ3v) is 3.54. The Hall–Kier alpha value is -1.38. The summed E-state index contributed by atoms with van der Waals surface area (Å²) < 4.78 is 14.1. The minimum Gasteiger partial charge on any atom is -0.369 e. The van der Waals surface area contributed by atoms with Crippen molar-refractivity contribution in [2.45, 2.75) is 37.3 Å². The Kier molecular flexibility index (Phi) is 2.95. The first kappa shape index (κ1) is 11.1. The van der Waals surface area contributed by atoms with Gasteiger partial charge in [0.2, 0.25) is 5.91 Å². The van der Waals surface area contributed by atoms with Gasteiger partial charge in [-0.3, -0.25) is 4.79 Å². The summed E-state index contributed by atoms with van der Waals surface area (Å²) in [6.07, 6.45) is 1.49. The molecule has 1 aromatic carbocycles. The first-order valence-electron chi connectivity index (χ1n) is 5.67. The number of hydrogen-bond donors (Lipinski definition) is 1. The first-order chi connectivity index (χ1) is 7.68. The molecule has 0 saturated heterocycles. The molecule has 2 unspecified atom stereocenters. The lowest BCUT2D eigenvalue weighted by Crippen LogP contribution is -2.50. The standard InChI is InChI=1S/C13H16FNO/c14-11-8-4-5-9-13(11,12(15)16)10-6-2-1-3-7-10/h1-3,6-7,11H,4-5,8-9H2,(H2,15,16). The van der Waals surface area contributed by atoms with Gasteiger partial charge >= 0.3 is 0 Å². The van der Waals surface area contributed by atoms with Crippen molar-refractivity contribution in [2.75, 3.05) is 0 Å². The zero-order valence-corrected chi connectivity index (χ0v) is 9.16. The smallest absolute Gasteiger partial charge is 0.231 e. The van der Waals surface area contributed by atoms with E-state index in [0.29, 0.717) is 12.8 Å². The van der Waals surface area contributed by atoms with Crippen molar-refractivity contribution >= 4 is 5.91 Å². The van der Waals surface area contributed by atoms with E-state index in [9.17, 15) is 9.18 Å². The predicted molar refractivity (Wildman–Crippen MR) is 60.7 cm³/mol. The van der Waals surface area contributed by atoms with E-state index >= 15 is 0 Å². The fraction of sp³-hybridized carbons (Fsp3) is 0.462. The predicted octanol–water partition coefficient (Wildman–Crippen LogP) is 2.32. The van der Waals surface area contributed by atoms with Gasteiger partial charge < -0.3 is 5.73 Å². The van der Waals surface area contributed by atoms with Crippen LogP contribution in [0.5, 0.6) is 0 Å². The molecule has 2 nitrogen and oxygen atoms in total. The van der Waals surface area contributed by atoms with Crippen LogP contribution in [0.25, 0.3) is 0 Å². The molecular weight excluding hydrogens is 205 g/mol. The molecule has 0 aliphatic heterocycles. The lowest BCUT2D eigenvalue weighted by atomic mass is 9.67. The van der Waals surface area contributed by atoms with Gasteiger partial charge in [-0.25, -0.2) is 4.39 Å². The second-order valence-corrected chi connectivity index (χ2v) is 4.41. The normalized spacial score (nSPS) is 29.9. The maximum atomic E-state index is 14.1. The molecule has 2 rings (SSSR count). The van der Waals surface area contributed by atoms with E-state index in [-0.39, 0.29) is 0 Å². The Morgan fingerprint density at radius 2 is 2.00 bits per heavy atom. The van der Waals surface area contributed by atoms with Crippen LogP contribution in [0.15, 0.2) is 30.3 Å². The highest BCUT2D eigenvalue weighted by molar-refractivity contribution is 5.87. The van der Waals surface area contributed by atoms with Crippen LogP contribution >= 0.6 is 0 Å². The van der Waals surface area contributed by atoms with Gasteiger partial charge in [-0.05, 0) is 18.4 Å². The number of rotatable bonds is 2. The van der Waals surface area contributed by atoms with Crippen LogP contribution in [-0.2, 0) is 10.2 Å². The molecule has 1 aromatic rings. The molecule has 86 valence electrons. The molecule has 2 atom stereocenters. The quantitative estimate of drug-likeness (QED) is 0.818. The summed E-state index contributed by atoms with van der Waals surface area (Å²) in [7, 11) is 0. The summed E-state index contributed by atoms with van der Waals surface area (Å²) in [5.74, 6) is -0.536. The molecule has 0 spiro atoms. The van der Waals surface area contributed by atoms with Crippen molar-refractivity contribution in [1.29, 1.82) is 0 Å². The monoisotopic (exact) mass is 221 g/mol. The van der Waals surface area contributed by atoms with Gasteiger partial charge in [0.05, 0.1) is 0 Å². The first-order valence-corrected chi connectivity index (χ1v) is 5.67. The number of nitrogens with two attached hydrogens (primary N) is 1. The third kappa shape index (κ3) is 1.60. The highest BCUT2D eigenvalue weighted by Gasteiger charge is 2.47. The highest BCUT2D eigenvalue weighted by atomic mass is 19.1. The van der Waals surface area contributed by atoms with E-state index in [1.807, 2.05) is 18.2 Å². The maximum absolute atomic E-state index is 14.1. The van der Waals surface area contributed by atoms with E-state index in [4.69, 9.17) is 5.73 Å². The number of alkyl halides is 1. The lowest BCUT2D eigenvalue weighted by Gasteiger charge is -2.37. The second kappa shape index (κ2) is 4.24. The van der Waals surface area contributed by atoms with Crippen molar-refractivity contribution in [2.24, 2.45) is 5.73 Å². The van der Waals surface area contributed by atoms with Crippen LogP contribution in [0.1, 0.15) is 31.2 Å². The number of carbonyl (C=O) groups excluding carboxylic acids is 1. The molecule has 1 amide bonds. The van der Waals surface area contributed by atoms with Gasteiger partial charge in [-0.1, -0.05) is 43.2 Å². The Morgan fingerprint density at radius 3 is 2.56 bits per heavy atom. The SMILES string of the molecule is NC(=O)C1(c2ccccc2)CCCCC1F. The van der Waals surface area contributed by atoms with Crippen molar-refractivity contribution in [3.8, 4) is 0 Å². The summed E-state index contributed by atoms with van der Waals surface area (Å²) in [5, 5.41) is 0. The average Bonchev–Trinajstić information content (AvgIpc) is 2.30. The molecule has 1 saturated carbocycles. The number of amides is 1. The van der Waals surface area contributed by atoms with Crippen molar-refractivity contribution in [3.63, 3.8) is 0 Å². The molecule has 3 heteroatoms. The van der Waals surface area contributed by atoms with Crippen LogP contribution in [0.4, 0.5) is 4.39 Å². The van der Waals surface area contributed by atoms with Crippen molar-refractivity contribution in [1.82, 2.24) is 0 Å². The number of benzene rings is 1. The number of hydrogen-bond acceptors (Lipinski definition) is 1. The van der Waals surface area contributed by atoms with Gasteiger partial charge in [0.1, 0.15) is 11.6 Å². The summed E-state index contributed by atoms with van der Waals surface area (Å²) in [4.78, 5) is 11.7. The molecule has 0 radical (unpaired) electrons. The summed E-state index contributed by atoms with van der Waals surface area (Å²) >= 11 is 0. The third-order valence-electron chi connectivity index (χ3n) is 3.54. The maximum Gasteiger partial charge on any atom is 0.231 e. The van der Waals surface area contributed by atoms with Gasteiger partial charge in [0.25, 0.3) is 0 Å². The van der Waals surface area contributed by atoms with Gasteiger partial charge in [-0.2, -0.15) is 0 Å². The summed E-state index contributed by atoms with van der Waals surface area (Å²) in [5.41, 5.74) is 5.07. The minimum atomic E-state index is -1.15. The molecular formula is C13H16FNO. The summed E-state index contributed by atoms with van der Waals surface area (Å²) in [6, 6.07) is 9.09. The van der Waals surface area contributed by atoms with E-state index in [2.05, 4.69) is 0 Å². The van der Waals surface area contributed by atoms with Crippen LogP contribution in [0, 0.1) is 0 Å².